The van der Waals surface area contributed by atoms with E-state index in [1.54, 1.807) is 60.7 Å². The lowest BCUT2D eigenvalue weighted by Gasteiger charge is -2.20. The van der Waals surface area contributed by atoms with Gasteiger partial charge in [-0.2, -0.15) is 13.2 Å². The Morgan fingerprint density at radius 2 is 1.22 bits per heavy atom. The molecule has 0 bridgehead atoms. The third kappa shape index (κ3) is 6.01. The van der Waals surface area contributed by atoms with Crippen molar-refractivity contribution >= 4 is 16.8 Å². The summed E-state index contributed by atoms with van der Waals surface area (Å²) in [4.78, 5) is 2.31. The Morgan fingerprint density at radius 3 is 1.72 bits per heavy atom. The number of alkyl halides is 3. The van der Waals surface area contributed by atoms with Gasteiger partial charge in [0.15, 0.2) is 0 Å². The number of hydrogen-bond donors (Lipinski definition) is 1. The molecule has 0 radical (unpaired) electrons. The zero-order chi connectivity index (χ0) is 23.0. The van der Waals surface area contributed by atoms with Crippen LogP contribution in [0.1, 0.15) is 30.5 Å². The summed E-state index contributed by atoms with van der Waals surface area (Å²) in [7, 11) is 0. The van der Waals surface area contributed by atoms with Crippen molar-refractivity contribution in [2.24, 2.45) is 0 Å². The molecule has 3 rings (SSSR count). The highest BCUT2D eigenvalue weighted by atomic mass is 19.4. The van der Waals surface area contributed by atoms with Gasteiger partial charge >= 0.3 is 6.18 Å². The van der Waals surface area contributed by atoms with Gasteiger partial charge in [0.25, 0.3) is 0 Å². The summed E-state index contributed by atoms with van der Waals surface area (Å²) in [5.74, 6) is 0. The van der Waals surface area contributed by atoms with E-state index in [0.29, 0.717) is 11.1 Å². The molecule has 1 N–H and O–H groups in total. The van der Waals surface area contributed by atoms with E-state index >= 15 is 0 Å². The highest BCUT2D eigenvalue weighted by Crippen LogP contribution is 2.42. The zero-order valence-electron chi connectivity index (χ0n) is 18.5. The van der Waals surface area contributed by atoms with E-state index in [2.05, 4.69) is 24.1 Å². The van der Waals surface area contributed by atoms with E-state index in [1.807, 2.05) is 12.1 Å². The first-order valence-corrected chi connectivity index (χ1v) is 10.9. The van der Waals surface area contributed by atoms with Crippen LogP contribution in [0.3, 0.4) is 0 Å². The number of halogens is 3. The Hall–Kier alpha value is -3.05. The minimum Gasteiger partial charge on any atom is -0.384 e. The minimum atomic E-state index is -4.51. The quantitative estimate of drug-likeness (QED) is 0.363. The molecule has 0 aromatic heterocycles. The molecule has 0 saturated heterocycles. The van der Waals surface area contributed by atoms with Gasteiger partial charge < -0.3 is 10.2 Å². The van der Waals surface area contributed by atoms with E-state index in [0.717, 1.165) is 31.9 Å². The second-order valence-corrected chi connectivity index (χ2v) is 7.51. The molecule has 3 aromatic carbocycles. The average Bonchev–Trinajstić information content (AvgIpc) is 2.81. The van der Waals surface area contributed by atoms with Crippen LogP contribution in [0.2, 0.25) is 0 Å². The lowest BCUT2D eigenvalue weighted by Crippen LogP contribution is -2.28. The maximum Gasteiger partial charge on any atom is 0.417 e. The molecule has 0 atom stereocenters. The predicted octanol–water partition coefficient (Wildman–Crippen LogP) is 6.96. The number of hydrogen-bond acceptors (Lipinski definition) is 2. The van der Waals surface area contributed by atoms with Crippen molar-refractivity contribution in [3.8, 4) is 0 Å². The predicted molar refractivity (Wildman–Crippen MR) is 128 cm³/mol. The van der Waals surface area contributed by atoms with Crippen LogP contribution in [0.4, 0.5) is 18.9 Å². The first-order valence-electron chi connectivity index (χ1n) is 10.9. The van der Waals surface area contributed by atoms with Crippen LogP contribution in [0.25, 0.3) is 11.1 Å². The van der Waals surface area contributed by atoms with Gasteiger partial charge in [-0.25, -0.2) is 0 Å². The Kier molecular flexibility index (Phi) is 8.12. The maximum absolute atomic E-state index is 14.3. The zero-order valence-corrected chi connectivity index (χ0v) is 18.5. The van der Waals surface area contributed by atoms with Gasteiger partial charge in [0, 0.05) is 24.4 Å². The Morgan fingerprint density at radius 1 is 0.719 bits per heavy atom. The van der Waals surface area contributed by atoms with Crippen molar-refractivity contribution in [3.05, 3.63) is 102 Å². The lowest BCUT2D eigenvalue weighted by molar-refractivity contribution is -0.0685. The van der Waals surface area contributed by atoms with Crippen LogP contribution in [0.5, 0.6) is 0 Å². The normalized spacial score (nSPS) is 12.6. The summed E-state index contributed by atoms with van der Waals surface area (Å²) >= 11 is 0. The van der Waals surface area contributed by atoms with Crippen LogP contribution in [-0.2, 0) is 0 Å². The minimum absolute atomic E-state index is 0.153. The number of likely N-dealkylation sites (N-methyl/N-ethyl adjacent to an activating group) is 1. The van der Waals surface area contributed by atoms with Gasteiger partial charge in [-0.05, 0) is 41.9 Å². The summed E-state index contributed by atoms with van der Waals surface area (Å²) in [6, 6.07) is 24.0. The highest BCUT2D eigenvalue weighted by Gasteiger charge is 2.38. The molecular formula is C27H29F3N2. The van der Waals surface area contributed by atoms with Gasteiger partial charge in [0.1, 0.15) is 0 Å². The Bertz CT molecular complexity index is 991. The summed E-state index contributed by atoms with van der Waals surface area (Å²) < 4.78 is 43.0. The third-order valence-corrected chi connectivity index (χ3v) is 5.48. The Balaban J connectivity index is 2.01. The van der Waals surface area contributed by atoms with Gasteiger partial charge in [-0.3, -0.25) is 0 Å². The number of rotatable bonds is 9. The molecule has 0 heterocycles. The average molecular weight is 439 g/mol. The van der Waals surface area contributed by atoms with Gasteiger partial charge in [0.2, 0.25) is 0 Å². The monoisotopic (exact) mass is 438 g/mol. The van der Waals surface area contributed by atoms with Gasteiger partial charge in [-0.15, -0.1) is 0 Å². The summed E-state index contributed by atoms with van der Waals surface area (Å²) in [5, 5.41) is 3.36. The van der Waals surface area contributed by atoms with Crippen molar-refractivity contribution in [1.29, 1.82) is 0 Å². The molecule has 0 aliphatic carbocycles. The molecular weight excluding hydrogens is 409 g/mol. The lowest BCUT2D eigenvalue weighted by atomic mass is 9.89. The van der Waals surface area contributed by atoms with Crippen molar-refractivity contribution in [3.63, 3.8) is 0 Å². The smallest absolute Gasteiger partial charge is 0.384 e. The van der Waals surface area contributed by atoms with E-state index in [-0.39, 0.29) is 11.1 Å². The third-order valence-electron chi connectivity index (χ3n) is 5.48. The first kappa shape index (κ1) is 23.6. The number of allylic oxidation sites excluding steroid dienone is 1. The largest absolute Gasteiger partial charge is 0.417 e. The molecule has 0 spiro atoms. The van der Waals surface area contributed by atoms with E-state index < -0.39 is 11.7 Å². The van der Waals surface area contributed by atoms with Gasteiger partial charge in [-0.1, -0.05) is 86.6 Å². The fraction of sp³-hybridized carbons (Fsp3) is 0.259. The van der Waals surface area contributed by atoms with Crippen LogP contribution >= 0.6 is 0 Å². The molecule has 3 aromatic rings. The molecule has 0 amide bonds. The molecule has 32 heavy (non-hydrogen) atoms. The molecule has 0 fully saturated rings. The van der Waals surface area contributed by atoms with E-state index in [4.69, 9.17) is 0 Å². The van der Waals surface area contributed by atoms with Crippen LogP contribution < -0.4 is 5.32 Å². The molecule has 0 saturated carbocycles. The Labute approximate surface area is 188 Å². The first-order chi connectivity index (χ1) is 15.4. The van der Waals surface area contributed by atoms with Crippen LogP contribution in [0, 0.1) is 0 Å². The van der Waals surface area contributed by atoms with Crippen molar-refractivity contribution in [2.45, 2.75) is 20.0 Å². The van der Waals surface area contributed by atoms with E-state index in [9.17, 15) is 13.2 Å². The van der Waals surface area contributed by atoms with Crippen molar-refractivity contribution in [1.82, 2.24) is 4.90 Å². The summed E-state index contributed by atoms with van der Waals surface area (Å²) in [5.41, 5.74) is 1.65. The fourth-order valence-electron chi connectivity index (χ4n) is 3.77. The standard InChI is InChI=1S/C27H29F3N2/c1-3-32(4-2)20-19-31-24-17-15-22(16-18-24)25(21-11-7-5-8-12-21)26(27(28,29)30)23-13-9-6-10-14-23/h5-18,31H,3-4,19-20H2,1-2H3. The van der Waals surface area contributed by atoms with Gasteiger partial charge in [0.05, 0.1) is 5.57 Å². The van der Waals surface area contributed by atoms with E-state index in [1.165, 1.54) is 12.1 Å². The second-order valence-electron chi connectivity index (χ2n) is 7.51. The van der Waals surface area contributed by atoms with Crippen molar-refractivity contribution in [2.75, 3.05) is 31.5 Å². The molecule has 2 nitrogen and oxygen atoms in total. The number of benzene rings is 3. The summed E-state index contributed by atoms with van der Waals surface area (Å²) in [6.07, 6.45) is -4.51. The number of anilines is 1. The topological polar surface area (TPSA) is 15.3 Å². The molecule has 0 aliphatic heterocycles. The highest BCUT2D eigenvalue weighted by molar-refractivity contribution is 6.00. The molecule has 0 aliphatic rings. The fourth-order valence-corrected chi connectivity index (χ4v) is 3.77. The SMILES string of the molecule is CCN(CC)CCNc1ccc(C(=C(c2ccccc2)C(F)(F)F)c2ccccc2)cc1. The molecule has 168 valence electrons. The van der Waals surface area contributed by atoms with Crippen LogP contribution in [-0.4, -0.2) is 37.3 Å². The second kappa shape index (κ2) is 11.0. The number of nitrogens with one attached hydrogen (secondary N) is 1. The van der Waals surface area contributed by atoms with Crippen molar-refractivity contribution < 1.29 is 13.2 Å². The summed E-state index contributed by atoms with van der Waals surface area (Å²) in [6.45, 7) is 7.92. The van der Waals surface area contributed by atoms with Crippen LogP contribution in [0.15, 0.2) is 84.9 Å². The molecule has 5 heteroatoms. The number of nitrogens with zero attached hydrogens (tertiary/aromatic N) is 1. The molecule has 0 unspecified atom stereocenters. The maximum atomic E-state index is 14.3.